The molecule has 0 aliphatic carbocycles. The third-order valence-electron chi connectivity index (χ3n) is 3.60. The Balaban J connectivity index is 0.000000371. The summed E-state index contributed by atoms with van der Waals surface area (Å²) in [5, 5.41) is 0. The quantitative estimate of drug-likeness (QED) is 0.749. The molecule has 2 heteroatoms. The van der Waals surface area contributed by atoms with Gasteiger partial charge in [0, 0.05) is 30.9 Å². The van der Waals surface area contributed by atoms with Crippen LogP contribution in [0.5, 0.6) is 0 Å². The second kappa shape index (κ2) is 7.42. The van der Waals surface area contributed by atoms with Crippen molar-refractivity contribution in [3.8, 4) is 0 Å². The van der Waals surface area contributed by atoms with Gasteiger partial charge in [-0.25, -0.2) is 0 Å². The molecule has 0 aromatic heterocycles. The molecule has 1 aromatic rings. The average molecular weight is 248 g/mol. The van der Waals surface area contributed by atoms with Gasteiger partial charge in [0.1, 0.15) is 0 Å². The Morgan fingerprint density at radius 1 is 0.889 bits per heavy atom. The van der Waals surface area contributed by atoms with Crippen molar-refractivity contribution >= 4 is 5.69 Å². The summed E-state index contributed by atoms with van der Waals surface area (Å²) < 4.78 is 0. The van der Waals surface area contributed by atoms with Gasteiger partial charge < -0.3 is 4.90 Å². The van der Waals surface area contributed by atoms with E-state index in [1.807, 2.05) is 27.7 Å². The Hall–Kier alpha value is -1.02. The summed E-state index contributed by atoms with van der Waals surface area (Å²) in [7, 11) is 2.24. The summed E-state index contributed by atoms with van der Waals surface area (Å²) in [5.41, 5.74) is 1.40. The monoisotopic (exact) mass is 248 g/mol. The Morgan fingerprint density at radius 3 is 1.94 bits per heavy atom. The Bertz CT molecular complexity index is 321. The molecule has 102 valence electrons. The maximum atomic E-state index is 2.56. The molecule has 2 bridgehead atoms. The number of rotatable bonds is 1. The second-order valence-corrected chi connectivity index (χ2v) is 4.47. The van der Waals surface area contributed by atoms with Crippen LogP contribution >= 0.6 is 0 Å². The van der Waals surface area contributed by atoms with E-state index in [1.54, 1.807) is 0 Å². The Kier molecular flexibility index (Phi) is 6.20. The van der Waals surface area contributed by atoms with E-state index in [9.17, 15) is 0 Å². The molecule has 2 aliphatic heterocycles. The fourth-order valence-electron chi connectivity index (χ4n) is 2.80. The molecule has 18 heavy (non-hydrogen) atoms. The maximum Gasteiger partial charge on any atom is 0.0433 e. The third kappa shape index (κ3) is 3.05. The number of hydrogen-bond acceptors (Lipinski definition) is 2. The van der Waals surface area contributed by atoms with Crippen molar-refractivity contribution in [2.45, 2.75) is 46.2 Å². The fourth-order valence-corrected chi connectivity index (χ4v) is 2.80. The molecule has 0 amide bonds. The van der Waals surface area contributed by atoms with Crippen molar-refractivity contribution in [3.05, 3.63) is 30.3 Å². The number of likely N-dealkylation sites (tertiary alicyclic amines) is 1. The van der Waals surface area contributed by atoms with Gasteiger partial charge in [-0.3, -0.25) is 4.90 Å². The summed E-state index contributed by atoms with van der Waals surface area (Å²) in [6.07, 6.45) is 1.35. The molecule has 2 atom stereocenters. The lowest BCUT2D eigenvalue weighted by Crippen LogP contribution is -2.44. The highest BCUT2D eigenvalue weighted by atomic mass is 15.3. The second-order valence-electron chi connectivity index (χ2n) is 4.47. The lowest BCUT2D eigenvalue weighted by molar-refractivity contribution is 0.292. The van der Waals surface area contributed by atoms with Gasteiger partial charge in [-0.1, -0.05) is 45.9 Å². The zero-order chi connectivity index (χ0) is 13.5. The zero-order valence-corrected chi connectivity index (χ0v) is 12.6. The molecule has 0 radical (unpaired) electrons. The number of para-hydroxylation sites is 1. The molecule has 3 rings (SSSR count). The molecule has 2 heterocycles. The summed E-state index contributed by atoms with van der Waals surface area (Å²) >= 11 is 0. The van der Waals surface area contributed by atoms with E-state index in [1.165, 1.54) is 25.2 Å². The molecular formula is C16H28N2. The molecule has 0 spiro atoms. The first kappa shape index (κ1) is 15.0. The minimum absolute atomic E-state index is 0.757. The van der Waals surface area contributed by atoms with E-state index >= 15 is 0 Å². The van der Waals surface area contributed by atoms with Gasteiger partial charge >= 0.3 is 0 Å². The molecule has 2 aliphatic rings. The van der Waals surface area contributed by atoms with Gasteiger partial charge in [-0.05, 0) is 25.6 Å². The molecule has 2 fully saturated rings. The van der Waals surface area contributed by atoms with Crippen LogP contribution in [0.15, 0.2) is 30.3 Å². The first-order valence-corrected chi connectivity index (χ1v) is 7.36. The first-order valence-electron chi connectivity index (χ1n) is 7.36. The molecule has 0 unspecified atom stereocenters. The number of nitrogens with zero attached hydrogens (tertiary/aromatic N) is 2. The van der Waals surface area contributed by atoms with Crippen molar-refractivity contribution in [2.24, 2.45) is 0 Å². The van der Waals surface area contributed by atoms with Crippen LogP contribution in [0.4, 0.5) is 5.69 Å². The van der Waals surface area contributed by atoms with Gasteiger partial charge in [0.05, 0.1) is 0 Å². The Morgan fingerprint density at radius 2 is 1.50 bits per heavy atom. The lowest BCUT2D eigenvalue weighted by Gasteiger charge is -2.33. The summed E-state index contributed by atoms with van der Waals surface area (Å²) in [5.74, 6) is 0. The minimum atomic E-state index is 0.757. The van der Waals surface area contributed by atoms with Gasteiger partial charge in [0.2, 0.25) is 0 Å². The van der Waals surface area contributed by atoms with Crippen molar-refractivity contribution in [1.29, 1.82) is 0 Å². The minimum Gasteiger partial charge on any atom is -0.366 e. The first-order chi connectivity index (χ1) is 8.84. The van der Waals surface area contributed by atoms with E-state index in [-0.39, 0.29) is 0 Å². The van der Waals surface area contributed by atoms with E-state index in [4.69, 9.17) is 0 Å². The Labute approximate surface area is 113 Å². The number of anilines is 1. The standard InChI is InChI=1S/C12H16N2.2C2H6/c1-13-8-12-7-11(13)9-14(12)10-5-3-2-4-6-10;2*1-2/h2-6,11-12H,7-9H2,1H3;2*1-2H3/t11-,12-;;/m0../s1. The van der Waals surface area contributed by atoms with Crippen LogP contribution in [-0.4, -0.2) is 37.1 Å². The molecule has 1 aromatic carbocycles. The topological polar surface area (TPSA) is 6.48 Å². The zero-order valence-electron chi connectivity index (χ0n) is 12.6. The predicted molar refractivity (Wildman–Crippen MR) is 81.3 cm³/mol. The molecule has 2 nitrogen and oxygen atoms in total. The summed E-state index contributed by atoms with van der Waals surface area (Å²) in [6.45, 7) is 10.4. The molecular weight excluding hydrogens is 220 g/mol. The fraction of sp³-hybridized carbons (Fsp3) is 0.625. The van der Waals surface area contributed by atoms with Crippen molar-refractivity contribution in [1.82, 2.24) is 4.90 Å². The highest BCUT2D eigenvalue weighted by Gasteiger charge is 2.41. The SMILES string of the molecule is CC.CC.CN1C[C@@H]2C[C@H]1CN2c1ccccc1. The highest BCUT2D eigenvalue weighted by molar-refractivity contribution is 5.49. The van der Waals surface area contributed by atoms with Gasteiger partial charge in [0.25, 0.3) is 0 Å². The number of fused-ring (bicyclic) bond motifs is 2. The van der Waals surface area contributed by atoms with E-state index in [0.29, 0.717) is 0 Å². The number of likely N-dealkylation sites (N-methyl/N-ethyl adjacent to an activating group) is 1. The van der Waals surface area contributed by atoms with Crippen LogP contribution in [0.25, 0.3) is 0 Å². The maximum absolute atomic E-state index is 2.56. The van der Waals surface area contributed by atoms with Crippen LogP contribution in [0, 0.1) is 0 Å². The number of hydrogen-bond donors (Lipinski definition) is 0. The molecule has 0 N–H and O–H groups in total. The van der Waals surface area contributed by atoms with Gasteiger partial charge in [0.15, 0.2) is 0 Å². The van der Waals surface area contributed by atoms with Gasteiger partial charge in [-0.15, -0.1) is 0 Å². The third-order valence-corrected chi connectivity index (χ3v) is 3.60. The summed E-state index contributed by atoms with van der Waals surface area (Å²) in [6, 6.07) is 12.3. The largest absolute Gasteiger partial charge is 0.366 e. The van der Waals surface area contributed by atoms with E-state index in [2.05, 4.69) is 47.2 Å². The van der Waals surface area contributed by atoms with Crippen molar-refractivity contribution in [2.75, 3.05) is 25.0 Å². The normalized spacial score (nSPS) is 25.1. The van der Waals surface area contributed by atoms with Crippen molar-refractivity contribution in [3.63, 3.8) is 0 Å². The van der Waals surface area contributed by atoms with Gasteiger partial charge in [-0.2, -0.15) is 0 Å². The van der Waals surface area contributed by atoms with E-state index < -0.39 is 0 Å². The average Bonchev–Trinajstić information content (AvgIpc) is 3.03. The van der Waals surface area contributed by atoms with Crippen LogP contribution in [0.3, 0.4) is 0 Å². The smallest absolute Gasteiger partial charge is 0.0433 e. The van der Waals surface area contributed by atoms with Crippen molar-refractivity contribution < 1.29 is 0 Å². The predicted octanol–water partition coefficient (Wildman–Crippen LogP) is 3.63. The van der Waals surface area contributed by atoms with Crippen LogP contribution in [0.1, 0.15) is 34.1 Å². The lowest BCUT2D eigenvalue weighted by atomic mass is 10.2. The molecule has 0 saturated carbocycles. The highest BCUT2D eigenvalue weighted by Crippen LogP contribution is 2.33. The van der Waals surface area contributed by atoms with E-state index in [0.717, 1.165) is 12.1 Å². The van der Waals surface area contributed by atoms with Crippen LogP contribution in [-0.2, 0) is 0 Å². The van der Waals surface area contributed by atoms with Crippen LogP contribution in [0.2, 0.25) is 0 Å². The summed E-state index contributed by atoms with van der Waals surface area (Å²) in [4.78, 5) is 5.05. The molecule has 2 saturated heterocycles. The number of piperazine rings is 1. The number of benzene rings is 1. The van der Waals surface area contributed by atoms with Crippen LogP contribution < -0.4 is 4.90 Å².